The molecule has 174 valence electrons. The van der Waals surface area contributed by atoms with Gasteiger partial charge in [-0.1, -0.05) is 6.42 Å². The highest BCUT2D eigenvalue weighted by molar-refractivity contribution is 7.89. The van der Waals surface area contributed by atoms with Crippen LogP contribution in [-0.2, 0) is 20.0 Å². The van der Waals surface area contributed by atoms with E-state index in [4.69, 9.17) is 0 Å². The lowest BCUT2D eigenvalue weighted by molar-refractivity contribution is 0.204. The van der Waals surface area contributed by atoms with E-state index in [2.05, 4.69) is 9.97 Å². The van der Waals surface area contributed by atoms with Crippen molar-refractivity contribution in [1.82, 2.24) is 18.6 Å². The van der Waals surface area contributed by atoms with E-state index in [0.29, 0.717) is 32.1 Å². The van der Waals surface area contributed by atoms with Gasteiger partial charge in [0.25, 0.3) is 0 Å². The fourth-order valence-electron chi connectivity index (χ4n) is 4.51. The van der Waals surface area contributed by atoms with Gasteiger partial charge in [-0.2, -0.15) is 8.61 Å². The molecule has 2 aliphatic rings. The van der Waals surface area contributed by atoms with Gasteiger partial charge in [-0.25, -0.2) is 26.8 Å². The smallest absolute Gasteiger partial charge is 0.243 e. The number of piperidine rings is 1. The number of nitrogens with zero attached hydrogens (tertiary/aromatic N) is 5. The molecule has 2 aromatic rings. The Bertz CT molecular complexity index is 1120. The molecule has 0 saturated carbocycles. The number of hydrogen-bond donors (Lipinski definition) is 0. The summed E-state index contributed by atoms with van der Waals surface area (Å²) in [4.78, 5) is 10.6. The molecule has 0 spiro atoms. The summed E-state index contributed by atoms with van der Waals surface area (Å²) in [5.41, 5.74) is 0. The zero-order valence-corrected chi connectivity index (χ0v) is 20.0. The van der Waals surface area contributed by atoms with Gasteiger partial charge in [-0.15, -0.1) is 0 Å². The van der Waals surface area contributed by atoms with Gasteiger partial charge in [0.1, 0.15) is 0 Å². The second kappa shape index (κ2) is 9.05. The summed E-state index contributed by atoms with van der Waals surface area (Å²) in [5, 5.41) is 0. The van der Waals surface area contributed by atoms with Crippen molar-refractivity contribution in [3.8, 4) is 0 Å². The second-order valence-electron chi connectivity index (χ2n) is 8.38. The molecule has 32 heavy (non-hydrogen) atoms. The maximum absolute atomic E-state index is 13.2. The maximum atomic E-state index is 13.2. The number of anilines is 1. The van der Waals surface area contributed by atoms with Gasteiger partial charge in [-0.05, 0) is 57.0 Å². The van der Waals surface area contributed by atoms with Crippen LogP contribution in [0.25, 0.3) is 0 Å². The Labute approximate surface area is 190 Å². The van der Waals surface area contributed by atoms with Crippen molar-refractivity contribution >= 4 is 26.0 Å². The van der Waals surface area contributed by atoms with Crippen LogP contribution in [0.3, 0.4) is 0 Å². The molecular weight excluding hydrogens is 450 g/mol. The Kier molecular flexibility index (Phi) is 6.53. The highest BCUT2D eigenvalue weighted by Crippen LogP contribution is 2.30. The molecule has 3 heterocycles. The van der Waals surface area contributed by atoms with Gasteiger partial charge in [0.15, 0.2) is 0 Å². The number of benzene rings is 1. The molecule has 2 aliphatic heterocycles. The van der Waals surface area contributed by atoms with Crippen LogP contribution in [0, 0.1) is 0 Å². The molecule has 0 amide bonds. The lowest BCUT2D eigenvalue weighted by Gasteiger charge is -2.37. The highest BCUT2D eigenvalue weighted by Gasteiger charge is 2.36. The van der Waals surface area contributed by atoms with E-state index >= 15 is 0 Å². The van der Waals surface area contributed by atoms with E-state index in [1.165, 1.54) is 28.6 Å². The zero-order chi connectivity index (χ0) is 22.9. The Morgan fingerprint density at radius 2 is 1.28 bits per heavy atom. The highest BCUT2D eigenvalue weighted by atomic mass is 32.2. The minimum Gasteiger partial charge on any atom is -0.338 e. The normalized spacial score (nSPS) is 23.9. The van der Waals surface area contributed by atoms with Crippen molar-refractivity contribution < 1.29 is 16.8 Å². The molecule has 1 aromatic heterocycles. The molecule has 11 heteroatoms. The SMILES string of the molecule is CC1CCCC(C)N1S(=O)(=O)c1ccc(S(=O)(=O)N2CCN(c3ncccn3)CC2)cc1. The lowest BCUT2D eigenvalue weighted by atomic mass is 10.0. The monoisotopic (exact) mass is 479 g/mol. The van der Waals surface area contributed by atoms with Crippen LogP contribution in [0.2, 0.25) is 0 Å². The number of aromatic nitrogens is 2. The fourth-order valence-corrected chi connectivity index (χ4v) is 7.81. The number of sulfonamides is 2. The first-order valence-electron chi connectivity index (χ1n) is 10.9. The standard InChI is InChI=1S/C21H29N5O4S2/c1-17-5-3-6-18(2)26(17)32(29,30)20-9-7-19(8-10-20)31(27,28)25-15-13-24(14-16-25)21-22-11-4-12-23-21/h4,7-12,17-18H,3,5-6,13-16H2,1-2H3. The van der Waals surface area contributed by atoms with Crippen LogP contribution in [0.4, 0.5) is 5.95 Å². The van der Waals surface area contributed by atoms with Gasteiger partial charge in [0, 0.05) is 50.7 Å². The van der Waals surface area contributed by atoms with E-state index in [1.807, 2.05) is 18.7 Å². The molecule has 2 atom stereocenters. The van der Waals surface area contributed by atoms with E-state index in [0.717, 1.165) is 19.3 Å². The van der Waals surface area contributed by atoms with Crippen molar-refractivity contribution in [3.63, 3.8) is 0 Å². The Morgan fingerprint density at radius 1 is 0.781 bits per heavy atom. The molecule has 2 unspecified atom stereocenters. The van der Waals surface area contributed by atoms with Crippen molar-refractivity contribution in [2.75, 3.05) is 31.1 Å². The topological polar surface area (TPSA) is 104 Å². The van der Waals surface area contributed by atoms with E-state index in [9.17, 15) is 16.8 Å². The Hall–Kier alpha value is -2.08. The summed E-state index contributed by atoms with van der Waals surface area (Å²) in [6, 6.07) is 7.20. The average molecular weight is 480 g/mol. The van der Waals surface area contributed by atoms with E-state index < -0.39 is 20.0 Å². The predicted octanol–water partition coefficient (Wildman–Crippen LogP) is 1.94. The third-order valence-corrected chi connectivity index (χ3v) is 10.3. The molecule has 2 saturated heterocycles. The van der Waals surface area contributed by atoms with Gasteiger partial charge in [0.05, 0.1) is 9.79 Å². The average Bonchev–Trinajstić information content (AvgIpc) is 2.79. The van der Waals surface area contributed by atoms with Crippen LogP contribution in [0.1, 0.15) is 33.1 Å². The first kappa shape index (κ1) is 23.1. The molecular formula is C21H29N5O4S2. The fraction of sp³-hybridized carbons (Fsp3) is 0.524. The van der Waals surface area contributed by atoms with Gasteiger partial charge in [-0.3, -0.25) is 0 Å². The Morgan fingerprint density at radius 3 is 1.81 bits per heavy atom. The minimum atomic E-state index is -3.72. The molecule has 0 N–H and O–H groups in total. The van der Waals surface area contributed by atoms with Crippen molar-refractivity contribution in [2.45, 2.75) is 55.0 Å². The van der Waals surface area contributed by atoms with Crippen molar-refractivity contribution in [1.29, 1.82) is 0 Å². The molecule has 2 fully saturated rings. The van der Waals surface area contributed by atoms with Crippen LogP contribution >= 0.6 is 0 Å². The number of piperazine rings is 1. The van der Waals surface area contributed by atoms with Crippen LogP contribution in [0.5, 0.6) is 0 Å². The molecule has 9 nitrogen and oxygen atoms in total. The first-order valence-corrected chi connectivity index (χ1v) is 13.7. The molecule has 0 aliphatic carbocycles. The third-order valence-electron chi connectivity index (χ3n) is 6.22. The van der Waals surface area contributed by atoms with Crippen LogP contribution in [-0.4, -0.2) is 73.7 Å². The summed E-state index contributed by atoms with van der Waals surface area (Å²) < 4.78 is 55.6. The van der Waals surface area contributed by atoms with E-state index in [-0.39, 0.29) is 21.9 Å². The number of hydrogen-bond acceptors (Lipinski definition) is 7. The minimum absolute atomic E-state index is 0.0722. The quantitative estimate of drug-likeness (QED) is 0.645. The zero-order valence-electron chi connectivity index (χ0n) is 18.3. The maximum Gasteiger partial charge on any atom is 0.243 e. The first-order chi connectivity index (χ1) is 15.2. The van der Waals surface area contributed by atoms with Gasteiger partial charge < -0.3 is 4.90 Å². The van der Waals surface area contributed by atoms with Gasteiger partial charge >= 0.3 is 0 Å². The summed E-state index contributed by atoms with van der Waals surface area (Å²) in [6.45, 7) is 5.44. The molecule has 0 bridgehead atoms. The lowest BCUT2D eigenvalue weighted by Crippen LogP contribution is -2.49. The summed E-state index contributed by atoms with van der Waals surface area (Å²) in [7, 11) is -7.40. The third kappa shape index (κ3) is 4.39. The molecule has 1 aromatic carbocycles. The largest absolute Gasteiger partial charge is 0.338 e. The summed E-state index contributed by atoms with van der Waals surface area (Å²) in [6.07, 6.45) is 5.99. The number of rotatable bonds is 5. The van der Waals surface area contributed by atoms with E-state index in [1.54, 1.807) is 22.8 Å². The second-order valence-corrected chi connectivity index (χ2v) is 12.2. The Balaban J connectivity index is 1.49. The van der Waals surface area contributed by atoms with Crippen LogP contribution < -0.4 is 4.90 Å². The summed E-state index contributed by atoms with van der Waals surface area (Å²) in [5.74, 6) is 0.584. The van der Waals surface area contributed by atoms with Crippen molar-refractivity contribution in [2.24, 2.45) is 0 Å². The molecule has 0 radical (unpaired) electrons. The summed E-state index contributed by atoms with van der Waals surface area (Å²) >= 11 is 0. The predicted molar refractivity (Wildman–Crippen MR) is 121 cm³/mol. The molecule has 4 rings (SSSR count). The van der Waals surface area contributed by atoms with Gasteiger partial charge in [0.2, 0.25) is 26.0 Å². The van der Waals surface area contributed by atoms with Crippen LogP contribution in [0.15, 0.2) is 52.5 Å². The van der Waals surface area contributed by atoms with Crippen molar-refractivity contribution in [3.05, 3.63) is 42.7 Å².